The number of carbonyl (C=O) groups is 1. The highest BCUT2D eigenvalue weighted by Gasteiger charge is 2.17. The molecule has 0 saturated carbocycles. The molecular formula is C9H7NO2. The van der Waals surface area contributed by atoms with Crippen LogP contribution in [0.3, 0.4) is 0 Å². The van der Waals surface area contributed by atoms with Crippen molar-refractivity contribution >= 4 is 11.8 Å². The van der Waals surface area contributed by atoms with Crippen LogP contribution in [0.5, 0.6) is 5.75 Å². The maximum Gasteiger partial charge on any atom is 0.417 e. The van der Waals surface area contributed by atoms with E-state index in [0.29, 0.717) is 11.4 Å². The summed E-state index contributed by atoms with van der Waals surface area (Å²) in [7, 11) is 0. The fourth-order valence-corrected chi connectivity index (χ4v) is 1.12. The lowest BCUT2D eigenvalue weighted by molar-refractivity contribution is 0.203. The van der Waals surface area contributed by atoms with Crippen LogP contribution in [-0.4, -0.2) is 6.09 Å². The van der Waals surface area contributed by atoms with Gasteiger partial charge in [0.1, 0.15) is 5.75 Å². The van der Waals surface area contributed by atoms with E-state index in [1.54, 1.807) is 6.07 Å². The summed E-state index contributed by atoms with van der Waals surface area (Å²) in [5.74, 6) is 0.561. The van der Waals surface area contributed by atoms with Crippen molar-refractivity contribution in [2.75, 3.05) is 0 Å². The first-order valence-electron chi connectivity index (χ1n) is 3.54. The van der Waals surface area contributed by atoms with Crippen molar-refractivity contribution in [3.63, 3.8) is 0 Å². The zero-order valence-corrected chi connectivity index (χ0v) is 6.33. The van der Waals surface area contributed by atoms with Gasteiger partial charge >= 0.3 is 6.09 Å². The van der Waals surface area contributed by atoms with Crippen molar-refractivity contribution in [3.05, 3.63) is 36.4 Å². The lowest BCUT2D eigenvalue weighted by Crippen LogP contribution is -2.29. The minimum atomic E-state index is -0.473. The first-order chi connectivity index (χ1) is 5.77. The van der Waals surface area contributed by atoms with Crippen LogP contribution in [0.15, 0.2) is 30.8 Å². The standard InChI is InChI=1S/C9H7NO2/c1-6-7-4-2-3-5-8(7)12-9(11)10-6/h2-5H,1H2,(H,10,11). The summed E-state index contributed by atoms with van der Waals surface area (Å²) in [6, 6.07) is 7.26. The molecule has 12 heavy (non-hydrogen) atoms. The normalized spacial score (nSPS) is 14.7. The second-order valence-corrected chi connectivity index (χ2v) is 2.49. The first-order valence-corrected chi connectivity index (χ1v) is 3.54. The minimum Gasteiger partial charge on any atom is -0.409 e. The predicted molar refractivity (Wildman–Crippen MR) is 44.6 cm³/mol. The predicted octanol–water partition coefficient (Wildman–Crippen LogP) is 1.76. The first kappa shape index (κ1) is 6.91. The molecule has 0 aliphatic carbocycles. The van der Waals surface area contributed by atoms with Crippen LogP contribution in [0, 0.1) is 0 Å². The summed E-state index contributed by atoms with van der Waals surface area (Å²) in [4.78, 5) is 10.8. The zero-order valence-electron chi connectivity index (χ0n) is 6.33. The Balaban J connectivity index is 2.54. The largest absolute Gasteiger partial charge is 0.417 e. The lowest BCUT2D eigenvalue weighted by Gasteiger charge is -2.17. The van der Waals surface area contributed by atoms with E-state index >= 15 is 0 Å². The average molecular weight is 161 g/mol. The molecule has 0 aromatic heterocycles. The number of fused-ring (bicyclic) bond motifs is 1. The fraction of sp³-hybridized carbons (Fsp3) is 0. The number of ether oxygens (including phenoxy) is 1. The molecule has 3 heteroatoms. The van der Waals surface area contributed by atoms with Gasteiger partial charge in [0.05, 0.1) is 0 Å². The van der Waals surface area contributed by atoms with Gasteiger partial charge in [-0.2, -0.15) is 0 Å². The number of rotatable bonds is 0. The number of carbonyl (C=O) groups excluding carboxylic acids is 1. The highest BCUT2D eigenvalue weighted by molar-refractivity contribution is 5.88. The molecule has 1 aromatic carbocycles. The molecule has 0 radical (unpaired) electrons. The van der Waals surface area contributed by atoms with Crippen molar-refractivity contribution in [1.82, 2.24) is 5.32 Å². The Morgan fingerprint density at radius 2 is 2.08 bits per heavy atom. The SMILES string of the molecule is C=C1NC(=O)Oc2ccccc21. The van der Waals surface area contributed by atoms with Gasteiger partial charge in [-0.25, -0.2) is 4.79 Å². The van der Waals surface area contributed by atoms with Crippen LogP contribution < -0.4 is 10.1 Å². The molecule has 1 amide bonds. The molecule has 0 atom stereocenters. The van der Waals surface area contributed by atoms with Crippen molar-refractivity contribution < 1.29 is 9.53 Å². The summed E-state index contributed by atoms with van der Waals surface area (Å²) in [5.41, 5.74) is 1.42. The van der Waals surface area contributed by atoms with Crippen molar-refractivity contribution in [2.45, 2.75) is 0 Å². The Labute approximate surface area is 69.7 Å². The molecule has 1 aliphatic rings. The van der Waals surface area contributed by atoms with Gasteiger partial charge in [0, 0.05) is 11.3 Å². The summed E-state index contributed by atoms with van der Waals surface area (Å²) in [6.45, 7) is 3.69. The van der Waals surface area contributed by atoms with Crippen LogP contribution in [0.4, 0.5) is 4.79 Å². The van der Waals surface area contributed by atoms with E-state index in [4.69, 9.17) is 4.74 Å². The van der Waals surface area contributed by atoms with Gasteiger partial charge in [0.15, 0.2) is 0 Å². The smallest absolute Gasteiger partial charge is 0.409 e. The van der Waals surface area contributed by atoms with Crippen LogP contribution in [0.2, 0.25) is 0 Å². The molecule has 1 heterocycles. The summed E-state index contributed by atoms with van der Waals surface area (Å²) < 4.78 is 4.89. The summed E-state index contributed by atoms with van der Waals surface area (Å²) >= 11 is 0. The maximum absolute atomic E-state index is 10.8. The topological polar surface area (TPSA) is 38.3 Å². The number of nitrogens with one attached hydrogen (secondary N) is 1. The summed E-state index contributed by atoms with van der Waals surface area (Å²) in [5, 5.41) is 2.48. The van der Waals surface area contributed by atoms with E-state index in [1.165, 1.54) is 0 Å². The van der Waals surface area contributed by atoms with Gasteiger partial charge in [-0.05, 0) is 12.1 Å². The van der Waals surface area contributed by atoms with Gasteiger partial charge in [-0.3, -0.25) is 5.32 Å². The zero-order chi connectivity index (χ0) is 8.55. The number of hydrogen-bond acceptors (Lipinski definition) is 2. The third kappa shape index (κ3) is 0.955. The Morgan fingerprint density at radius 1 is 1.33 bits per heavy atom. The van der Waals surface area contributed by atoms with Crippen LogP contribution in [0.1, 0.15) is 5.56 Å². The van der Waals surface area contributed by atoms with Gasteiger partial charge < -0.3 is 4.74 Å². The number of benzene rings is 1. The van der Waals surface area contributed by atoms with Crippen molar-refractivity contribution in [2.24, 2.45) is 0 Å². The second-order valence-electron chi connectivity index (χ2n) is 2.49. The molecule has 0 fully saturated rings. The quantitative estimate of drug-likeness (QED) is 0.629. The minimum absolute atomic E-state index is 0.473. The molecule has 2 rings (SSSR count). The molecule has 1 aromatic rings. The third-order valence-electron chi connectivity index (χ3n) is 1.67. The Hall–Kier alpha value is -1.77. The average Bonchev–Trinajstić information content (AvgIpc) is 2.04. The van der Waals surface area contributed by atoms with Crippen LogP contribution >= 0.6 is 0 Å². The molecule has 3 nitrogen and oxygen atoms in total. The van der Waals surface area contributed by atoms with E-state index in [1.807, 2.05) is 18.2 Å². The van der Waals surface area contributed by atoms with E-state index in [0.717, 1.165) is 5.56 Å². The van der Waals surface area contributed by atoms with Gasteiger partial charge in [-0.15, -0.1) is 0 Å². The third-order valence-corrected chi connectivity index (χ3v) is 1.67. The number of para-hydroxylation sites is 1. The molecule has 60 valence electrons. The van der Waals surface area contributed by atoms with Crippen molar-refractivity contribution in [1.29, 1.82) is 0 Å². The van der Waals surface area contributed by atoms with E-state index in [9.17, 15) is 4.79 Å². The summed E-state index contributed by atoms with van der Waals surface area (Å²) in [6.07, 6.45) is -0.473. The Bertz CT molecular complexity index is 357. The molecule has 1 N–H and O–H groups in total. The highest BCUT2D eigenvalue weighted by Crippen LogP contribution is 2.26. The van der Waals surface area contributed by atoms with E-state index in [2.05, 4.69) is 11.9 Å². The molecule has 1 aliphatic heterocycles. The van der Waals surface area contributed by atoms with Crippen LogP contribution in [0.25, 0.3) is 5.70 Å². The van der Waals surface area contributed by atoms with E-state index in [-0.39, 0.29) is 0 Å². The number of hydrogen-bond donors (Lipinski definition) is 1. The van der Waals surface area contributed by atoms with Gasteiger partial charge in [-0.1, -0.05) is 18.7 Å². The van der Waals surface area contributed by atoms with Crippen LogP contribution in [-0.2, 0) is 0 Å². The molecular weight excluding hydrogens is 154 g/mol. The van der Waals surface area contributed by atoms with Crippen molar-refractivity contribution in [3.8, 4) is 5.75 Å². The van der Waals surface area contributed by atoms with Gasteiger partial charge in [0.25, 0.3) is 0 Å². The molecule has 0 saturated heterocycles. The fourth-order valence-electron chi connectivity index (χ4n) is 1.12. The molecule has 0 spiro atoms. The monoisotopic (exact) mass is 161 g/mol. The lowest BCUT2D eigenvalue weighted by atomic mass is 10.1. The van der Waals surface area contributed by atoms with E-state index < -0.39 is 6.09 Å². The maximum atomic E-state index is 10.8. The Kier molecular flexibility index (Phi) is 1.37. The number of amides is 1. The van der Waals surface area contributed by atoms with Gasteiger partial charge in [0.2, 0.25) is 0 Å². The highest BCUT2D eigenvalue weighted by atomic mass is 16.6. The molecule has 0 unspecified atom stereocenters. The molecule has 0 bridgehead atoms. The Morgan fingerprint density at radius 3 is 2.92 bits per heavy atom. The second kappa shape index (κ2) is 2.37.